The molecule has 202 valence electrons. The molecule has 5 nitrogen and oxygen atoms in total. The predicted molar refractivity (Wildman–Crippen MR) is 150 cm³/mol. The van der Waals surface area contributed by atoms with E-state index < -0.39 is 0 Å². The lowest BCUT2D eigenvalue weighted by Gasteiger charge is -2.11. The molecular weight excluding hydrogens is 452 g/mol. The maximum Gasteiger partial charge on any atom is 0.305 e. The van der Waals surface area contributed by atoms with Gasteiger partial charge < -0.3 is 14.2 Å². The summed E-state index contributed by atoms with van der Waals surface area (Å²) in [7, 11) is 1.67. The van der Waals surface area contributed by atoms with E-state index in [1.165, 1.54) is 5.56 Å². The molecule has 0 heterocycles. The molecule has 36 heavy (non-hydrogen) atoms. The van der Waals surface area contributed by atoms with Crippen LogP contribution in [0.4, 0.5) is 0 Å². The molecule has 0 bridgehead atoms. The summed E-state index contributed by atoms with van der Waals surface area (Å²) in [6, 6.07) is 20.0. The Bertz CT molecular complexity index is 773. The number of methoxy groups -OCH3 is 1. The maximum absolute atomic E-state index is 10.8. The van der Waals surface area contributed by atoms with Crippen LogP contribution in [-0.2, 0) is 19.1 Å². The highest BCUT2D eigenvalue weighted by Crippen LogP contribution is 2.09. The second-order valence-electron chi connectivity index (χ2n) is 8.43. The molecule has 2 atom stereocenters. The van der Waals surface area contributed by atoms with E-state index in [1.807, 2.05) is 81.4 Å². The van der Waals surface area contributed by atoms with Crippen LogP contribution >= 0.6 is 0 Å². The van der Waals surface area contributed by atoms with Gasteiger partial charge in [-0.25, -0.2) is 0 Å². The Kier molecular flexibility index (Phi) is 23.1. The highest BCUT2D eigenvalue weighted by atomic mass is 16.5. The number of carbonyl (C=O) groups excluding carboxylic acids is 2. The van der Waals surface area contributed by atoms with Gasteiger partial charge in [0.25, 0.3) is 0 Å². The zero-order chi connectivity index (χ0) is 27.8. The Morgan fingerprint density at radius 1 is 0.806 bits per heavy atom. The topological polar surface area (TPSA) is 61.8 Å². The molecule has 2 rings (SSSR count). The number of esters is 2. The van der Waals surface area contributed by atoms with Crippen molar-refractivity contribution < 1.29 is 23.8 Å². The van der Waals surface area contributed by atoms with Gasteiger partial charge in [-0.2, -0.15) is 0 Å². The van der Waals surface area contributed by atoms with Crippen molar-refractivity contribution in [1.82, 2.24) is 0 Å². The van der Waals surface area contributed by atoms with Gasteiger partial charge >= 0.3 is 11.9 Å². The van der Waals surface area contributed by atoms with Crippen LogP contribution in [0.1, 0.15) is 79.2 Å². The standard InChI is InChI=1S/C9H16O2.C8H16O2.C8H10O.C6H6/c1-5-9(10)11-8(4)6-7(2)3;1-4-6-7(3)10-8(9)5-2;1-7-3-5-8(9-2)6-4-7;1-2-4-6-5-3-1/h8H,2,5-6H2,1,3-4H3;7H,4-6H2,1-3H3;3-6H,1-2H3;1-6H. The molecule has 0 spiro atoms. The number of hydrogen-bond donors (Lipinski definition) is 0. The van der Waals surface area contributed by atoms with E-state index >= 15 is 0 Å². The smallest absolute Gasteiger partial charge is 0.305 e. The van der Waals surface area contributed by atoms with Gasteiger partial charge in [0.2, 0.25) is 0 Å². The summed E-state index contributed by atoms with van der Waals surface area (Å²) < 4.78 is 15.0. The van der Waals surface area contributed by atoms with E-state index in [-0.39, 0.29) is 24.1 Å². The van der Waals surface area contributed by atoms with E-state index in [0.717, 1.165) is 30.6 Å². The van der Waals surface area contributed by atoms with Crippen LogP contribution in [0, 0.1) is 6.92 Å². The zero-order valence-electron chi connectivity index (χ0n) is 23.7. The van der Waals surface area contributed by atoms with Crippen molar-refractivity contribution in [3.8, 4) is 5.75 Å². The van der Waals surface area contributed by atoms with Crippen LogP contribution in [-0.4, -0.2) is 31.3 Å². The first kappa shape index (κ1) is 35.1. The zero-order valence-corrected chi connectivity index (χ0v) is 23.7. The van der Waals surface area contributed by atoms with Gasteiger partial charge in [-0.1, -0.05) is 86.9 Å². The maximum atomic E-state index is 10.8. The summed E-state index contributed by atoms with van der Waals surface area (Å²) >= 11 is 0. The average Bonchev–Trinajstić information content (AvgIpc) is 2.86. The normalized spacial score (nSPS) is 10.9. The van der Waals surface area contributed by atoms with Gasteiger partial charge in [0.1, 0.15) is 11.9 Å². The fourth-order valence-electron chi connectivity index (χ4n) is 2.67. The molecule has 2 aromatic carbocycles. The number of carbonyl (C=O) groups is 2. The lowest BCUT2D eigenvalue weighted by molar-refractivity contribution is -0.148. The van der Waals surface area contributed by atoms with Crippen molar-refractivity contribution in [3.63, 3.8) is 0 Å². The van der Waals surface area contributed by atoms with Crippen LogP contribution in [0.15, 0.2) is 72.8 Å². The summed E-state index contributed by atoms with van der Waals surface area (Å²) in [6.07, 6.45) is 3.78. The second kappa shape index (κ2) is 23.7. The van der Waals surface area contributed by atoms with Crippen molar-refractivity contribution in [2.24, 2.45) is 0 Å². The van der Waals surface area contributed by atoms with E-state index in [2.05, 4.69) is 20.4 Å². The lowest BCUT2D eigenvalue weighted by Crippen LogP contribution is -2.13. The molecule has 0 fully saturated rings. The van der Waals surface area contributed by atoms with Gasteiger partial charge in [-0.3, -0.25) is 9.59 Å². The third kappa shape index (κ3) is 24.1. The second-order valence-corrected chi connectivity index (χ2v) is 8.43. The summed E-state index contributed by atoms with van der Waals surface area (Å²) in [5, 5.41) is 0. The molecule has 0 saturated heterocycles. The van der Waals surface area contributed by atoms with Gasteiger partial charge in [0, 0.05) is 19.3 Å². The van der Waals surface area contributed by atoms with Crippen LogP contribution in [0.3, 0.4) is 0 Å². The van der Waals surface area contributed by atoms with Crippen LogP contribution in [0.2, 0.25) is 0 Å². The van der Waals surface area contributed by atoms with Crippen molar-refractivity contribution >= 4 is 11.9 Å². The number of benzene rings is 2. The Labute approximate surface area is 219 Å². The summed E-state index contributed by atoms with van der Waals surface area (Å²) in [6.45, 7) is 17.2. The molecule has 0 aliphatic heterocycles. The molecule has 2 unspecified atom stereocenters. The number of hydrogen-bond acceptors (Lipinski definition) is 5. The third-order valence-corrected chi connectivity index (χ3v) is 4.50. The van der Waals surface area contributed by atoms with Gasteiger partial charge in [0.15, 0.2) is 0 Å². The van der Waals surface area contributed by atoms with Crippen molar-refractivity contribution in [1.29, 1.82) is 0 Å². The molecule has 0 N–H and O–H groups in total. The van der Waals surface area contributed by atoms with Crippen molar-refractivity contribution in [2.75, 3.05) is 7.11 Å². The summed E-state index contributed by atoms with van der Waals surface area (Å²) in [5.41, 5.74) is 2.30. The number of rotatable bonds is 9. The monoisotopic (exact) mass is 500 g/mol. The fraction of sp³-hybridized carbons (Fsp3) is 0.484. The van der Waals surface area contributed by atoms with Crippen molar-refractivity contribution in [3.05, 3.63) is 78.4 Å². The molecule has 0 saturated carbocycles. The first-order valence-corrected chi connectivity index (χ1v) is 12.7. The van der Waals surface area contributed by atoms with Crippen LogP contribution in [0.5, 0.6) is 5.75 Å². The summed E-state index contributed by atoms with van der Waals surface area (Å²) in [5.74, 6) is 0.681. The minimum atomic E-state index is -0.140. The Morgan fingerprint density at radius 2 is 1.22 bits per heavy atom. The van der Waals surface area contributed by atoms with Gasteiger partial charge in [0.05, 0.1) is 13.2 Å². The number of aryl methyl sites for hydroxylation is 1. The lowest BCUT2D eigenvalue weighted by atomic mass is 10.2. The largest absolute Gasteiger partial charge is 0.497 e. The molecule has 0 aliphatic rings. The quantitative estimate of drug-likeness (QED) is 0.257. The van der Waals surface area contributed by atoms with Gasteiger partial charge in [-0.15, -0.1) is 6.58 Å². The predicted octanol–water partition coefficient (Wildman–Crippen LogP) is 8.11. The minimum Gasteiger partial charge on any atom is -0.497 e. The molecular formula is C31H48O5. The first-order valence-electron chi connectivity index (χ1n) is 12.7. The molecule has 0 aromatic heterocycles. The van der Waals surface area contributed by atoms with E-state index in [1.54, 1.807) is 21.0 Å². The van der Waals surface area contributed by atoms with Crippen LogP contribution in [0.25, 0.3) is 0 Å². The van der Waals surface area contributed by atoms with Crippen molar-refractivity contribution in [2.45, 2.75) is 92.8 Å². The Balaban J connectivity index is 0. The first-order chi connectivity index (χ1) is 17.1. The highest BCUT2D eigenvalue weighted by molar-refractivity contribution is 5.69. The SMILES string of the molecule is C=C(C)CC(C)OC(=O)CC.CCCC(C)OC(=O)CC.COc1ccc(C)cc1.c1ccccc1. The average molecular weight is 501 g/mol. The molecule has 0 aliphatic carbocycles. The Morgan fingerprint density at radius 3 is 1.56 bits per heavy atom. The molecule has 0 amide bonds. The third-order valence-electron chi connectivity index (χ3n) is 4.50. The molecule has 0 radical (unpaired) electrons. The number of ether oxygens (including phenoxy) is 3. The molecule has 5 heteroatoms. The highest BCUT2D eigenvalue weighted by Gasteiger charge is 2.06. The van der Waals surface area contributed by atoms with Crippen LogP contribution < -0.4 is 4.74 Å². The Hall–Kier alpha value is -3.08. The fourth-order valence-corrected chi connectivity index (χ4v) is 2.67. The van der Waals surface area contributed by atoms with E-state index in [9.17, 15) is 9.59 Å². The van der Waals surface area contributed by atoms with E-state index in [4.69, 9.17) is 14.2 Å². The summed E-state index contributed by atoms with van der Waals surface area (Å²) in [4.78, 5) is 21.4. The molecule has 2 aromatic rings. The minimum absolute atomic E-state index is 0.0278. The van der Waals surface area contributed by atoms with E-state index in [0.29, 0.717) is 12.8 Å². The van der Waals surface area contributed by atoms with Gasteiger partial charge in [-0.05, 0) is 46.2 Å².